The minimum absolute atomic E-state index is 0.227. The van der Waals surface area contributed by atoms with E-state index in [1.807, 2.05) is 0 Å². The average molecular weight is 205 g/mol. The molecule has 76 valence electrons. The number of hydrogen-bond acceptors (Lipinski definition) is 3. The van der Waals surface area contributed by atoms with E-state index in [1.165, 1.54) is 0 Å². The number of benzene rings is 1. The maximum absolute atomic E-state index is 12.2. The van der Waals surface area contributed by atoms with E-state index in [0.29, 0.717) is 6.07 Å². The molecule has 0 atom stereocenters. The third-order valence-corrected chi connectivity index (χ3v) is 1.60. The molecular formula is C8H6F3NO2. The molecule has 1 aromatic carbocycles. The number of phenolic OH excluding ortho intramolecular Hbond substituents is 1. The van der Waals surface area contributed by atoms with Crippen LogP contribution in [0.15, 0.2) is 12.1 Å². The lowest BCUT2D eigenvalue weighted by Crippen LogP contribution is -2.07. The van der Waals surface area contributed by atoms with Gasteiger partial charge in [0.2, 0.25) is 0 Å². The zero-order valence-electron chi connectivity index (χ0n) is 6.80. The molecule has 1 aromatic rings. The number of phenols is 1. The topological polar surface area (TPSA) is 63.3 Å². The summed E-state index contributed by atoms with van der Waals surface area (Å²) in [6.45, 7) is 0. The molecule has 0 aliphatic carbocycles. The highest BCUT2D eigenvalue weighted by atomic mass is 19.4. The number of nitrogens with two attached hydrogens (primary N) is 1. The van der Waals surface area contributed by atoms with Crippen molar-refractivity contribution in [1.29, 1.82) is 0 Å². The summed E-state index contributed by atoms with van der Waals surface area (Å²) in [6.07, 6.45) is -4.50. The minimum Gasteiger partial charge on any atom is -0.505 e. The first-order valence-corrected chi connectivity index (χ1v) is 3.51. The van der Waals surface area contributed by atoms with Crippen molar-refractivity contribution in [2.75, 3.05) is 5.73 Å². The number of nitrogen functional groups attached to an aromatic ring is 1. The molecule has 0 aliphatic rings. The highest BCUT2D eigenvalue weighted by molar-refractivity contribution is 5.79. The average Bonchev–Trinajstić information content (AvgIpc) is 2.07. The van der Waals surface area contributed by atoms with Crippen LogP contribution in [-0.2, 0) is 6.18 Å². The number of carbonyl (C=O) groups is 1. The Balaban J connectivity index is 3.42. The Labute approximate surface area is 77.0 Å². The SMILES string of the molecule is Nc1cc(C=O)cc(C(F)(F)F)c1O. The van der Waals surface area contributed by atoms with Gasteiger partial charge in [-0.3, -0.25) is 4.79 Å². The number of rotatable bonds is 1. The molecule has 0 unspecified atom stereocenters. The van der Waals surface area contributed by atoms with Crippen molar-refractivity contribution in [2.24, 2.45) is 0 Å². The number of aromatic hydroxyl groups is 1. The summed E-state index contributed by atoms with van der Waals surface area (Å²) < 4.78 is 36.6. The van der Waals surface area contributed by atoms with Gasteiger partial charge >= 0.3 is 6.18 Å². The number of hydrogen-bond donors (Lipinski definition) is 2. The fourth-order valence-corrected chi connectivity index (χ4v) is 0.964. The first-order chi connectivity index (χ1) is 6.36. The molecule has 14 heavy (non-hydrogen) atoms. The first kappa shape index (κ1) is 10.4. The van der Waals surface area contributed by atoms with Gasteiger partial charge in [0.1, 0.15) is 11.8 Å². The molecule has 0 amide bonds. The van der Waals surface area contributed by atoms with Gasteiger partial charge in [0.15, 0.2) is 5.75 Å². The number of alkyl halides is 3. The Bertz CT molecular complexity index is 374. The summed E-state index contributed by atoms with van der Waals surface area (Å²) >= 11 is 0. The summed E-state index contributed by atoms with van der Waals surface area (Å²) in [5.41, 5.74) is 3.08. The van der Waals surface area contributed by atoms with Crippen molar-refractivity contribution in [3.8, 4) is 5.75 Å². The molecule has 0 aliphatic heterocycles. The number of anilines is 1. The van der Waals surface area contributed by atoms with Crippen LogP contribution in [0.2, 0.25) is 0 Å². The highest BCUT2D eigenvalue weighted by Gasteiger charge is 2.35. The van der Waals surface area contributed by atoms with E-state index in [1.54, 1.807) is 0 Å². The third kappa shape index (κ3) is 1.78. The number of carbonyl (C=O) groups excluding carboxylic acids is 1. The molecule has 3 nitrogen and oxygen atoms in total. The van der Waals surface area contributed by atoms with Crippen molar-refractivity contribution in [2.45, 2.75) is 6.18 Å². The van der Waals surface area contributed by atoms with E-state index in [9.17, 15) is 18.0 Å². The smallest absolute Gasteiger partial charge is 0.420 e. The van der Waals surface area contributed by atoms with Crippen molar-refractivity contribution < 1.29 is 23.1 Å². The number of halogens is 3. The molecule has 0 bridgehead atoms. The van der Waals surface area contributed by atoms with Crippen LogP contribution < -0.4 is 5.73 Å². The molecule has 3 N–H and O–H groups in total. The second-order valence-corrected chi connectivity index (χ2v) is 2.62. The lowest BCUT2D eigenvalue weighted by molar-refractivity contribution is -0.138. The quantitative estimate of drug-likeness (QED) is 0.417. The van der Waals surface area contributed by atoms with Gasteiger partial charge in [0.05, 0.1) is 5.69 Å². The molecule has 1 rings (SSSR count). The predicted octanol–water partition coefficient (Wildman–Crippen LogP) is 1.81. The molecule has 6 heteroatoms. The minimum atomic E-state index is -4.72. The van der Waals surface area contributed by atoms with Gasteiger partial charge < -0.3 is 10.8 Å². The Kier molecular flexibility index (Phi) is 2.37. The van der Waals surface area contributed by atoms with Gasteiger partial charge in [0, 0.05) is 5.56 Å². The fraction of sp³-hybridized carbons (Fsp3) is 0.125. The van der Waals surface area contributed by atoms with Crippen LogP contribution in [0.4, 0.5) is 18.9 Å². The summed E-state index contributed by atoms with van der Waals surface area (Å²) in [4.78, 5) is 10.2. The van der Waals surface area contributed by atoms with Crippen LogP contribution >= 0.6 is 0 Å². The molecular weight excluding hydrogens is 199 g/mol. The van der Waals surface area contributed by atoms with Crippen LogP contribution in [0, 0.1) is 0 Å². The molecule has 0 heterocycles. The predicted molar refractivity (Wildman–Crippen MR) is 42.9 cm³/mol. The van der Waals surface area contributed by atoms with Gasteiger partial charge in [0.25, 0.3) is 0 Å². The van der Waals surface area contributed by atoms with E-state index >= 15 is 0 Å². The Morgan fingerprint density at radius 3 is 2.36 bits per heavy atom. The highest BCUT2D eigenvalue weighted by Crippen LogP contribution is 2.39. The van der Waals surface area contributed by atoms with Crippen molar-refractivity contribution >= 4 is 12.0 Å². The lowest BCUT2D eigenvalue weighted by Gasteiger charge is -2.10. The standard InChI is InChI=1S/C8H6F3NO2/c9-8(10,11)5-1-4(3-13)2-6(12)7(5)14/h1-3,14H,12H2. The molecule has 0 aromatic heterocycles. The van der Waals surface area contributed by atoms with Crippen LogP contribution in [0.3, 0.4) is 0 Å². The monoisotopic (exact) mass is 205 g/mol. The Hall–Kier alpha value is -1.72. The molecule has 0 radical (unpaired) electrons. The van der Waals surface area contributed by atoms with Gasteiger partial charge in [-0.15, -0.1) is 0 Å². The fourth-order valence-electron chi connectivity index (χ4n) is 0.964. The second-order valence-electron chi connectivity index (χ2n) is 2.62. The van der Waals surface area contributed by atoms with E-state index < -0.39 is 23.2 Å². The summed E-state index contributed by atoms with van der Waals surface area (Å²) in [5, 5.41) is 8.99. The van der Waals surface area contributed by atoms with Crippen LogP contribution in [-0.4, -0.2) is 11.4 Å². The van der Waals surface area contributed by atoms with Crippen LogP contribution in [0.1, 0.15) is 15.9 Å². The summed E-state index contributed by atoms with van der Waals surface area (Å²) in [6, 6.07) is 1.51. The molecule has 0 saturated heterocycles. The molecule has 0 fully saturated rings. The van der Waals surface area contributed by atoms with E-state index in [-0.39, 0.29) is 11.8 Å². The van der Waals surface area contributed by atoms with Gasteiger partial charge in [-0.05, 0) is 12.1 Å². The van der Waals surface area contributed by atoms with E-state index in [2.05, 4.69) is 0 Å². The lowest BCUT2D eigenvalue weighted by atomic mass is 10.1. The maximum Gasteiger partial charge on any atom is 0.420 e. The molecule has 0 saturated carbocycles. The zero-order chi connectivity index (χ0) is 10.9. The summed E-state index contributed by atoms with van der Waals surface area (Å²) in [7, 11) is 0. The van der Waals surface area contributed by atoms with E-state index in [4.69, 9.17) is 10.8 Å². The first-order valence-electron chi connectivity index (χ1n) is 3.51. The second kappa shape index (κ2) is 3.21. The van der Waals surface area contributed by atoms with Crippen LogP contribution in [0.5, 0.6) is 5.75 Å². The summed E-state index contributed by atoms with van der Waals surface area (Å²) in [5.74, 6) is -1.05. The van der Waals surface area contributed by atoms with Crippen molar-refractivity contribution in [3.05, 3.63) is 23.3 Å². The number of aldehydes is 1. The normalized spacial score (nSPS) is 11.4. The largest absolute Gasteiger partial charge is 0.505 e. The maximum atomic E-state index is 12.2. The molecule has 0 spiro atoms. The van der Waals surface area contributed by atoms with Crippen LogP contribution in [0.25, 0.3) is 0 Å². The van der Waals surface area contributed by atoms with E-state index in [0.717, 1.165) is 6.07 Å². The van der Waals surface area contributed by atoms with Gasteiger partial charge in [-0.2, -0.15) is 13.2 Å². The van der Waals surface area contributed by atoms with Crippen molar-refractivity contribution in [1.82, 2.24) is 0 Å². The van der Waals surface area contributed by atoms with Gasteiger partial charge in [-0.25, -0.2) is 0 Å². The Morgan fingerprint density at radius 1 is 1.36 bits per heavy atom. The third-order valence-electron chi connectivity index (χ3n) is 1.60. The zero-order valence-corrected chi connectivity index (χ0v) is 6.80. The Morgan fingerprint density at radius 2 is 1.93 bits per heavy atom. The van der Waals surface area contributed by atoms with Crippen molar-refractivity contribution in [3.63, 3.8) is 0 Å². The van der Waals surface area contributed by atoms with Gasteiger partial charge in [-0.1, -0.05) is 0 Å².